The summed E-state index contributed by atoms with van der Waals surface area (Å²) < 4.78 is 51.0. The molecule has 1 fully saturated rings. The van der Waals surface area contributed by atoms with Crippen molar-refractivity contribution in [2.75, 3.05) is 0 Å². The normalized spacial score (nSPS) is 33.9. The second kappa shape index (κ2) is 11.8. The van der Waals surface area contributed by atoms with Gasteiger partial charge in [-0.15, -0.1) is 0 Å². The SMILES string of the molecule is C=C[Si]1(OC(C)C)O[Si](C=C)(OC(C)C)O[Si](C=C)(OC(C)C)O[Si](C=C)(OC(C)C)O1. The molecule has 1 aliphatic rings. The molecule has 12 heteroatoms. The van der Waals surface area contributed by atoms with Gasteiger partial charge in [-0.05, 0) is 78.2 Å². The van der Waals surface area contributed by atoms with Crippen LogP contribution < -0.4 is 0 Å². The minimum Gasteiger partial charge on any atom is -0.369 e. The van der Waals surface area contributed by atoms with Crippen LogP contribution in [-0.4, -0.2) is 59.6 Å². The van der Waals surface area contributed by atoms with Crippen molar-refractivity contribution in [2.24, 2.45) is 0 Å². The van der Waals surface area contributed by atoms with Crippen molar-refractivity contribution in [3.63, 3.8) is 0 Å². The second-order valence-corrected chi connectivity index (χ2v) is 19.0. The second-order valence-electron chi connectivity index (χ2n) is 8.31. The largest absolute Gasteiger partial charge is 0.514 e. The van der Waals surface area contributed by atoms with Crippen molar-refractivity contribution in [1.29, 1.82) is 0 Å². The van der Waals surface area contributed by atoms with E-state index in [9.17, 15) is 0 Å². The van der Waals surface area contributed by atoms with E-state index in [1.54, 1.807) is 0 Å². The van der Waals surface area contributed by atoms with Crippen molar-refractivity contribution >= 4 is 35.2 Å². The molecule has 0 spiro atoms. The molecule has 184 valence electrons. The predicted molar refractivity (Wildman–Crippen MR) is 133 cm³/mol. The van der Waals surface area contributed by atoms with Gasteiger partial charge in [0.1, 0.15) is 0 Å². The van der Waals surface area contributed by atoms with E-state index in [0.717, 1.165) is 0 Å². The standard InChI is InChI=1S/C20H40O8Si4/c1-13-29(21-17(5)6)25-30(14-2,22-18(7)8)27-32(16-4,24-20(11)12)28-31(15-3,26-29)23-19(9)10/h13-20H,1-4H2,5-12H3. The van der Waals surface area contributed by atoms with Gasteiger partial charge in [-0.2, -0.15) is 0 Å². The first-order chi connectivity index (χ1) is 14.7. The Labute approximate surface area is 198 Å². The molecule has 0 aromatic heterocycles. The fourth-order valence-electron chi connectivity index (χ4n) is 2.91. The van der Waals surface area contributed by atoms with Crippen LogP contribution in [0.4, 0.5) is 0 Å². The lowest BCUT2D eigenvalue weighted by atomic mass is 10.5. The lowest BCUT2D eigenvalue weighted by molar-refractivity contribution is 0.00503. The third-order valence-corrected chi connectivity index (χ3v) is 18.0. The molecule has 1 heterocycles. The van der Waals surface area contributed by atoms with Crippen molar-refractivity contribution in [3.05, 3.63) is 49.1 Å². The van der Waals surface area contributed by atoms with Crippen LogP contribution in [0.3, 0.4) is 0 Å². The van der Waals surface area contributed by atoms with Crippen LogP contribution in [0.5, 0.6) is 0 Å². The van der Waals surface area contributed by atoms with Gasteiger partial charge in [0.25, 0.3) is 0 Å². The molecule has 1 aliphatic heterocycles. The fraction of sp³-hybridized carbons (Fsp3) is 0.600. The van der Waals surface area contributed by atoms with Crippen molar-refractivity contribution in [2.45, 2.75) is 79.8 Å². The third-order valence-electron chi connectivity index (χ3n) is 3.74. The summed E-state index contributed by atoms with van der Waals surface area (Å²) in [6.07, 6.45) is -1.01. The lowest BCUT2D eigenvalue weighted by Gasteiger charge is -2.48. The van der Waals surface area contributed by atoms with Crippen LogP contribution in [0.1, 0.15) is 55.4 Å². The summed E-state index contributed by atoms with van der Waals surface area (Å²) in [5.74, 6) is 0. The van der Waals surface area contributed by atoms with Gasteiger partial charge in [0.2, 0.25) is 0 Å². The van der Waals surface area contributed by atoms with E-state index in [0.29, 0.717) is 0 Å². The van der Waals surface area contributed by atoms with Gasteiger partial charge >= 0.3 is 35.2 Å². The molecule has 1 saturated heterocycles. The monoisotopic (exact) mass is 520 g/mol. The molecule has 0 amide bonds. The quantitative estimate of drug-likeness (QED) is 0.350. The number of hydrogen-bond acceptors (Lipinski definition) is 8. The molecule has 1 rings (SSSR count). The molecule has 0 saturated carbocycles. The first-order valence-electron chi connectivity index (χ1n) is 10.8. The summed E-state index contributed by atoms with van der Waals surface area (Å²) in [6, 6.07) is 0. The Balaban J connectivity index is 3.82. The molecule has 8 nitrogen and oxygen atoms in total. The Hall–Kier alpha value is -0.492. The van der Waals surface area contributed by atoms with Gasteiger partial charge in [0.15, 0.2) is 0 Å². The van der Waals surface area contributed by atoms with Gasteiger partial charge in [0.05, 0.1) is 0 Å². The minimum absolute atomic E-state index is 0.251. The summed E-state index contributed by atoms with van der Waals surface area (Å²) >= 11 is 0. The molecular weight excluding hydrogens is 481 g/mol. The third kappa shape index (κ3) is 7.78. The first kappa shape index (κ1) is 29.5. The molecule has 32 heavy (non-hydrogen) atoms. The highest BCUT2D eigenvalue weighted by Gasteiger charge is 2.66. The average Bonchev–Trinajstić information content (AvgIpc) is 2.64. The topological polar surface area (TPSA) is 73.8 Å². The highest BCUT2D eigenvalue weighted by molar-refractivity contribution is 6.93. The van der Waals surface area contributed by atoms with E-state index in [4.69, 9.17) is 34.2 Å². The van der Waals surface area contributed by atoms with Crippen LogP contribution in [0.2, 0.25) is 0 Å². The summed E-state index contributed by atoms with van der Waals surface area (Å²) in [4.78, 5) is 0. The maximum atomic E-state index is 6.55. The van der Waals surface area contributed by atoms with Crippen molar-refractivity contribution in [1.82, 2.24) is 0 Å². The minimum atomic E-state index is -3.69. The van der Waals surface area contributed by atoms with Crippen LogP contribution in [0.25, 0.3) is 0 Å². The van der Waals surface area contributed by atoms with Crippen molar-refractivity contribution in [3.8, 4) is 0 Å². The highest BCUT2D eigenvalue weighted by Crippen LogP contribution is 2.36. The summed E-state index contributed by atoms with van der Waals surface area (Å²) in [5.41, 5.74) is 6.09. The summed E-state index contributed by atoms with van der Waals surface area (Å²) in [6.45, 7) is 30.8. The molecular formula is C20H40O8Si4. The molecule has 0 aromatic carbocycles. The Kier molecular flexibility index (Phi) is 10.9. The van der Waals surface area contributed by atoms with E-state index in [1.165, 1.54) is 22.8 Å². The van der Waals surface area contributed by atoms with Gasteiger partial charge in [-0.1, -0.05) is 26.3 Å². The lowest BCUT2D eigenvalue weighted by Crippen LogP contribution is -2.73. The van der Waals surface area contributed by atoms with Gasteiger partial charge in [-0.3, -0.25) is 0 Å². The molecule has 0 aromatic rings. The van der Waals surface area contributed by atoms with E-state index in [-0.39, 0.29) is 24.4 Å². The van der Waals surface area contributed by atoms with Crippen LogP contribution >= 0.6 is 0 Å². The summed E-state index contributed by atoms with van der Waals surface area (Å²) in [7, 11) is -14.7. The zero-order valence-electron chi connectivity index (χ0n) is 20.7. The first-order valence-corrected chi connectivity index (χ1v) is 18.0. The summed E-state index contributed by atoms with van der Waals surface area (Å²) in [5, 5.41) is 0. The highest BCUT2D eigenvalue weighted by atomic mass is 28.6. The average molecular weight is 521 g/mol. The molecule has 0 atom stereocenters. The van der Waals surface area contributed by atoms with Crippen LogP contribution in [-0.2, 0) is 34.2 Å². The zero-order valence-corrected chi connectivity index (χ0v) is 24.7. The Morgan fingerprint density at radius 2 is 0.594 bits per heavy atom. The van der Waals surface area contributed by atoms with Gasteiger partial charge < -0.3 is 34.2 Å². The zero-order chi connectivity index (χ0) is 24.8. The van der Waals surface area contributed by atoms with E-state index < -0.39 is 35.2 Å². The smallest absolute Gasteiger partial charge is 0.369 e. The van der Waals surface area contributed by atoms with E-state index >= 15 is 0 Å². The maximum Gasteiger partial charge on any atom is 0.514 e. The van der Waals surface area contributed by atoms with Gasteiger partial charge in [-0.25, -0.2) is 0 Å². The van der Waals surface area contributed by atoms with E-state index in [2.05, 4.69) is 26.3 Å². The fourth-order valence-corrected chi connectivity index (χ4v) is 18.6. The maximum absolute atomic E-state index is 6.55. The van der Waals surface area contributed by atoms with Crippen LogP contribution in [0.15, 0.2) is 49.1 Å². The molecule has 0 unspecified atom stereocenters. The van der Waals surface area contributed by atoms with E-state index in [1.807, 2.05) is 55.4 Å². The molecule has 0 N–H and O–H groups in total. The van der Waals surface area contributed by atoms with Crippen molar-refractivity contribution < 1.29 is 34.2 Å². The number of rotatable bonds is 12. The Bertz CT molecular complexity index is 548. The molecule has 0 aliphatic carbocycles. The Morgan fingerprint density at radius 1 is 0.438 bits per heavy atom. The molecule has 0 radical (unpaired) electrons. The number of hydrogen-bond donors (Lipinski definition) is 0. The van der Waals surface area contributed by atoms with Gasteiger partial charge in [0, 0.05) is 24.4 Å². The van der Waals surface area contributed by atoms with Crippen LogP contribution in [0, 0.1) is 0 Å². The Morgan fingerprint density at radius 3 is 0.688 bits per heavy atom. The predicted octanol–water partition coefficient (Wildman–Crippen LogP) is 4.42. The molecule has 0 bridgehead atoms.